The Bertz CT molecular complexity index is 547. The van der Waals surface area contributed by atoms with Gasteiger partial charge in [-0.25, -0.2) is 0 Å². The van der Waals surface area contributed by atoms with Gasteiger partial charge >= 0.3 is 6.18 Å². The molecule has 1 aliphatic rings. The number of benzene rings is 1. The van der Waals surface area contributed by atoms with E-state index in [2.05, 4.69) is 5.32 Å². The highest BCUT2D eigenvalue weighted by atomic mass is 19.4. The van der Waals surface area contributed by atoms with Gasteiger partial charge in [0.25, 0.3) is 5.91 Å². The predicted molar refractivity (Wildman–Crippen MR) is 74.7 cm³/mol. The summed E-state index contributed by atoms with van der Waals surface area (Å²) in [7, 11) is 1.47. The fraction of sp³-hybridized carbons (Fsp3) is 0.533. The third kappa shape index (κ3) is 4.01. The summed E-state index contributed by atoms with van der Waals surface area (Å²) in [5.74, 6) is -0.916. The number of alkyl halides is 3. The molecule has 1 amide bonds. The Balaban J connectivity index is 2.02. The maximum Gasteiger partial charge on any atom is 0.416 e. The first-order valence-electron chi connectivity index (χ1n) is 7.07. The largest absolute Gasteiger partial charge is 0.416 e. The summed E-state index contributed by atoms with van der Waals surface area (Å²) in [6.45, 7) is 0.241. The first-order valence-corrected chi connectivity index (χ1v) is 7.07. The number of nitrogens with one attached hydrogen (secondary N) is 1. The standard InChI is InChI=1S/C15H18F3NO4/c1-23-7-9-6-11(13(21)12(9)20)19-14(22)8-2-4-10(5-3-8)15(16,17)18/h2-5,9,11-13,20-21H,6-7H2,1H3,(H,19,22)/t9-,11-,12-,13+/m1/s1. The lowest BCUT2D eigenvalue weighted by Gasteiger charge is -2.18. The molecule has 0 heterocycles. The first-order chi connectivity index (χ1) is 10.7. The molecule has 1 aliphatic carbocycles. The van der Waals surface area contributed by atoms with Crippen LogP contribution in [0.25, 0.3) is 0 Å². The fourth-order valence-electron chi connectivity index (χ4n) is 2.71. The summed E-state index contributed by atoms with van der Waals surface area (Å²) < 4.78 is 42.4. The van der Waals surface area contributed by atoms with Gasteiger partial charge in [-0.1, -0.05) is 0 Å². The van der Waals surface area contributed by atoms with E-state index in [1.165, 1.54) is 7.11 Å². The van der Waals surface area contributed by atoms with E-state index in [0.717, 1.165) is 24.3 Å². The van der Waals surface area contributed by atoms with Gasteiger partial charge < -0.3 is 20.3 Å². The van der Waals surface area contributed by atoms with E-state index in [4.69, 9.17) is 4.74 Å². The predicted octanol–water partition coefficient (Wildman–Crippen LogP) is 1.19. The van der Waals surface area contributed by atoms with Crippen LogP contribution in [-0.2, 0) is 10.9 Å². The number of amides is 1. The van der Waals surface area contributed by atoms with Crippen LogP contribution < -0.4 is 5.32 Å². The molecule has 4 atom stereocenters. The zero-order chi connectivity index (χ0) is 17.2. The average molecular weight is 333 g/mol. The molecule has 0 aliphatic heterocycles. The monoisotopic (exact) mass is 333 g/mol. The summed E-state index contributed by atoms with van der Waals surface area (Å²) in [5, 5.41) is 22.3. The second kappa shape index (κ2) is 6.86. The minimum atomic E-state index is -4.46. The molecular weight excluding hydrogens is 315 g/mol. The third-order valence-electron chi connectivity index (χ3n) is 3.97. The number of rotatable bonds is 4. The van der Waals surface area contributed by atoms with Crippen molar-refractivity contribution in [1.29, 1.82) is 0 Å². The topological polar surface area (TPSA) is 78.8 Å². The Hall–Kier alpha value is -1.64. The second-order valence-electron chi connectivity index (χ2n) is 5.59. The van der Waals surface area contributed by atoms with Crippen LogP contribution in [0.4, 0.5) is 13.2 Å². The Morgan fingerprint density at radius 1 is 1.26 bits per heavy atom. The molecule has 1 fully saturated rings. The highest BCUT2D eigenvalue weighted by molar-refractivity contribution is 5.94. The zero-order valence-electron chi connectivity index (χ0n) is 12.4. The molecule has 5 nitrogen and oxygen atoms in total. The van der Waals surface area contributed by atoms with Gasteiger partial charge in [0.1, 0.15) is 6.10 Å². The van der Waals surface area contributed by atoms with Crippen LogP contribution in [0.2, 0.25) is 0 Å². The molecule has 0 radical (unpaired) electrons. The van der Waals surface area contributed by atoms with Crippen LogP contribution in [0.5, 0.6) is 0 Å². The number of hydrogen-bond donors (Lipinski definition) is 3. The van der Waals surface area contributed by atoms with E-state index in [1.54, 1.807) is 0 Å². The highest BCUT2D eigenvalue weighted by Gasteiger charge is 2.42. The number of aliphatic hydroxyl groups excluding tert-OH is 2. The molecule has 8 heteroatoms. The molecule has 1 saturated carbocycles. The molecule has 2 rings (SSSR count). The molecule has 0 spiro atoms. The SMILES string of the molecule is COC[C@H]1C[C@@H](NC(=O)c2ccc(C(F)(F)F)cc2)[C@H](O)[C@@H]1O. The molecule has 1 aromatic rings. The van der Waals surface area contributed by atoms with E-state index in [1.807, 2.05) is 0 Å². The van der Waals surface area contributed by atoms with E-state index < -0.39 is 35.9 Å². The Morgan fingerprint density at radius 2 is 1.87 bits per heavy atom. The molecule has 3 N–H and O–H groups in total. The van der Waals surface area contributed by atoms with E-state index in [9.17, 15) is 28.2 Å². The number of hydrogen-bond acceptors (Lipinski definition) is 4. The number of carbonyl (C=O) groups excluding carboxylic acids is 1. The van der Waals surface area contributed by atoms with Crippen LogP contribution in [0.1, 0.15) is 22.3 Å². The van der Waals surface area contributed by atoms with Crippen molar-refractivity contribution in [1.82, 2.24) is 5.32 Å². The number of halogens is 3. The maximum atomic E-state index is 12.5. The molecule has 1 aromatic carbocycles. The Kier molecular flexibility index (Phi) is 5.28. The third-order valence-corrected chi connectivity index (χ3v) is 3.97. The van der Waals surface area contributed by atoms with Crippen molar-refractivity contribution in [2.75, 3.05) is 13.7 Å². The van der Waals surface area contributed by atoms with Crippen molar-refractivity contribution in [2.24, 2.45) is 5.92 Å². The van der Waals surface area contributed by atoms with Crippen molar-refractivity contribution in [3.8, 4) is 0 Å². The Morgan fingerprint density at radius 3 is 2.39 bits per heavy atom. The normalized spacial score (nSPS) is 27.9. The molecule has 0 bridgehead atoms. The van der Waals surface area contributed by atoms with Gasteiger partial charge in [0, 0.05) is 18.6 Å². The smallest absolute Gasteiger partial charge is 0.390 e. The molecular formula is C15H18F3NO4. The molecule has 23 heavy (non-hydrogen) atoms. The van der Waals surface area contributed by atoms with Gasteiger partial charge in [-0.3, -0.25) is 4.79 Å². The van der Waals surface area contributed by atoms with Crippen molar-refractivity contribution in [3.05, 3.63) is 35.4 Å². The number of carbonyl (C=O) groups is 1. The Labute approximate surface area is 131 Å². The second-order valence-corrected chi connectivity index (χ2v) is 5.59. The lowest BCUT2D eigenvalue weighted by Crippen LogP contribution is -2.43. The van der Waals surface area contributed by atoms with Crippen LogP contribution in [0.15, 0.2) is 24.3 Å². The zero-order valence-corrected chi connectivity index (χ0v) is 12.4. The fourth-order valence-corrected chi connectivity index (χ4v) is 2.71. The van der Waals surface area contributed by atoms with E-state index in [0.29, 0.717) is 6.42 Å². The number of aliphatic hydroxyl groups is 2. The number of ether oxygens (including phenoxy) is 1. The minimum absolute atomic E-state index is 0.0508. The summed E-state index contributed by atoms with van der Waals surface area (Å²) in [4.78, 5) is 12.1. The molecule has 0 saturated heterocycles. The molecule has 128 valence electrons. The van der Waals surface area contributed by atoms with Crippen molar-refractivity contribution in [2.45, 2.75) is 30.8 Å². The van der Waals surface area contributed by atoms with E-state index >= 15 is 0 Å². The molecule has 0 unspecified atom stereocenters. The summed E-state index contributed by atoms with van der Waals surface area (Å²) in [5.41, 5.74) is -0.791. The summed E-state index contributed by atoms with van der Waals surface area (Å²) >= 11 is 0. The van der Waals surface area contributed by atoms with Gasteiger partial charge in [-0.05, 0) is 30.7 Å². The van der Waals surface area contributed by atoms with Gasteiger partial charge in [0.2, 0.25) is 0 Å². The van der Waals surface area contributed by atoms with E-state index in [-0.39, 0.29) is 18.1 Å². The van der Waals surface area contributed by atoms with Gasteiger partial charge in [-0.2, -0.15) is 13.2 Å². The van der Waals surface area contributed by atoms with Crippen molar-refractivity contribution in [3.63, 3.8) is 0 Å². The van der Waals surface area contributed by atoms with Crippen LogP contribution >= 0.6 is 0 Å². The van der Waals surface area contributed by atoms with Crippen molar-refractivity contribution >= 4 is 5.91 Å². The number of methoxy groups -OCH3 is 1. The highest BCUT2D eigenvalue weighted by Crippen LogP contribution is 2.30. The maximum absolute atomic E-state index is 12.5. The lowest BCUT2D eigenvalue weighted by molar-refractivity contribution is -0.137. The molecule has 0 aromatic heterocycles. The van der Waals surface area contributed by atoms with Crippen molar-refractivity contribution < 1.29 is 32.9 Å². The quantitative estimate of drug-likeness (QED) is 0.773. The lowest BCUT2D eigenvalue weighted by atomic mass is 10.1. The van der Waals surface area contributed by atoms with Crippen LogP contribution in [0, 0.1) is 5.92 Å². The van der Waals surface area contributed by atoms with Gasteiger partial charge in [0.05, 0.1) is 24.3 Å². The van der Waals surface area contributed by atoms with Crippen LogP contribution in [-0.4, -0.2) is 48.1 Å². The van der Waals surface area contributed by atoms with Gasteiger partial charge in [-0.15, -0.1) is 0 Å². The average Bonchev–Trinajstić information content (AvgIpc) is 2.75. The van der Waals surface area contributed by atoms with Gasteiger partial charge in [0.15, 0.2) is 0 Å². The minimum Gasteiger partial charge on any atom is -0.390 e. The summed E-state index contributed by atoms with van der Waals surface area (Å²) in [6.07, 6.45) is -6.31. The first kappa shape index (κ1) is 17.7. The van der Waals surface area contributed by atoms with Crippen LogP contribution in [0.3, 0.4) is 0 Å². The summed E-state index contributed by atoms with van der Waals surface area (Å²) in [6, 6.07) is 3.11.